The highest BCUT2D eigenvalue weighted by Gasteiger charge is 2.35. The molecule has 0 aliphatic carbocycles. The van der Waals surface area contributed by atoms with Crippen molar-refractivity contribution >= 4 is 11.4 Å². The first-order chi connectivity index (χ1) is 16.1. The Morgan fingerprint density at radius 3 is 2.59 bits per heavy atom. The molecule has 172 valence electrons. The molecule has 1 amide bonds. The Labute approximate surface area is 193 Å². The first-order valence-corrected chi connectivity index (χ1v) is 10.2. The summed E-state index contributed by atoms with van der Waals surface area (Å²) in [4.78, 5) is 24.9. The van der Waals surface area contributed by atoms with E-state index in [0.717, 1.165) is 12.1 Å². The first-order valence-electron chi connectivity index (χ1n) is 10.2. The number of hydrogen-bond acceptors (Lipinski definition) is 4. The van der Waals surface area contributed by atoms with Crippen LogP contribution < -0.4 is 11.3 Å². The number of aromatic nitrogens is 3. The summed E-state index contributed by atoms with van der Waals surface area (Å²) >= 11 is 0. The van der Waals surface area contributed by atoms with Gasteiger partial charge in [0, 0.05) is 31.9 Å². The van der Waals surface area contributed by atoms with Gasteiger partial charge < -0.3 is 15.4 Å². The van der Waals surface area contributed by atoms with Crippen molar-refractivity contribution in [3.63, 3.8) is 0 Å². The van der Waals surface area contributed by atoms with Crippen molar-refractivity contribution in [2.45, 2.75) is 18.9 Å². The van der Waals surface area contributed by atoms with E-state index in [4.69, 9.17) is 5.73 Å². The van der Waals surface area contributed by atoms with Crippen LogP contribution in [0.4, 0.5) is 8.78 Å². The number of halogens is 2. The third kappa shape index (κ3) is 4.07. The number of benzene rings is 1. The van der Waals surface area contributed by atoms with Crippen molar-refractivity contribution in [1.29, 1.82) is 0 Å². The molecule has 7 nitrogen and oxygen atoms in total. The average Bonchev–Trinajstić information content (AvgIpc) is 3.24. The van der Waals surface area contributed by atoms with Crippen LogP contribution in [0.2, 0.25) is 0 Å². The van der Waals surface area contributed by atoms with Gasteiger partial charge in [-0.25, -0.2) is 13.3 Å². The molecule has 0 saturated carbocycles. The summed E-state index contributed by atoms with van der Waals surface area (Å²) in [5, 5.41) is 15.8. The van der Waals surface area contributed by atoms with Gasteiger partial charge >= 0.3 is 0 Å². The zero-order chi connectivity index (χ0) is 24.6. The van der Waals surface area contributed by atoms with E-state index in [1.807, 2.05) is 0 Å². The van der Waals surface area contributed by atoms with Gasteiger partial charge in [-0.3, -0.25) is 9.59 Å². The van der Waals surface area contributed by atoms with Crippen molar-refractivity contribution < 1.29 is 18.7 Å². The lowest BCUT2D eigenvalue weighted by atomic mass is 9.83. The monoisotopic (exact) mass is 462 g/mol. The van der Waals surface area contributed by atoms with Crippen molar-refractivity contribution in [1.82, 2.24) is 14.2 Å². The summed E-state index contributed by atoms with van der Waals surface area (Å²) < 4.78 is 30.9. The van der Waals surface area contributed by atoms with Crippen LogP contribution >= 0.6 is 0 Å². The summed E-state index contributed by atoms with van der Waals surface area (Å²) in [7, 11) is 1.51. The fourth-order valence-corrected chi connectivity index (χ4v) is 3.92. The number of rotatable bonds is 4. The summed E-state index contributed by atoms with van der Waals surface area (Å²) in [5.74, 6) is 3.08. The highest BCUT2D eigenvalue weighted by Crippen LogP contribution is 2.32. The predicted molar refractivity (Wildman–Crippen MR) is 121 cm³/mol. The zero-order valence-electron chi connectivity index (χ0n) is 18.3. The van der Waals surface area contributed by atoms with E-state index in [-0.39, 0.29) is 22.3 Å². The number of pyridine rings is 2. The molecular formula is C25H20F2N4O3. The second-order valence-corrected chi connectivity index (χ2v) is 7.97. The second-order valence-electron chi connectivity index (χ2n) is 7.97. The van der Waals surface area contributed by atoms with E-state index in [9.17, 15) is 23.5 Å². The fraction of sp³-hybridized carbons (Fsp3) is 0.160. The molecular weight excluding hydrogens is 442 g/mol. The third-order valence-corrected chi connectivity index (χ3v) is 5.51. The van der Waals surface area contributed by atoms with Gasteiger partial charge in [0.25, 0.3) is 5.56 Å². The molecule has 34 heavy (non-hydrogen) atoms. The largest absolute Gasteiger partial charge is 0.379 e. The minimum atomic E-state index is -2.14. The van der Waals surface area contributed by atoms with Gasteiger partial charge in [-0.2, -0.15) is 5.10 Å². The molecule has 0 spiro atoms. The molecule has 0 saturated heterocycles. The molecule has 4 aromatic rings. The number of fused-ring (bicyclic) bond motifs is 1. The van der Waals surface area contributed by atoms with Gasteiger partial charge in [0.2, 0.25) is 5.91 Å². The molecule has 0 radical (unpaired) electrons. The van der Waals surface area contributed by atoms with Crippen LogP contribution in [0.25, 0.3) is 5.52 Å². The average molecular weight is 462 g/mol. The molecule has 0 aliphatic rings. The van der Waals surface area contributed by atoms with Gasteiger partial charge in [-0.1, -0.05) is 11.8 Å². The summed E-state index contributed by atoms with van der Waals surface area (Å²) in [5.41, 5.74) is 4.12. The van der Waals surface area contributed by atoms with Crippen LogP contribution in [0, 0.1) is 30.4 Å². The number of aliphatic hydroxyl groups is 1. The molecule has 3 N–H and O–H groups in total. The van der Waals surface area contributed by atoms with Crippen molar-refractivity contribution in [3.8, 4) is 11.8 Å². The molecule has 3 heterocycles. The molecule has 0 bridgehead atoms. The van der Waals surface area contributed by atoms with E-state index in [0.29, 0.717) is 17.1 Å². The van der Waals surface area contributed by atoms with Crippen LogP contribution in [0.1, 0.15) is 39.0 Å². The topological polar surface area (TPSA) is 103 Å². The molecule has 0 aliphatic heterocycles. The standard InChI is InChI=1S/C25H20F2N4O3/c1-15-10-21(24(33)30(2)14-15)25(34,16-11-17(26)13-18(27)12-16)7-3-4-19-20(23(28)32)6-9-31-22(19)5-8-29-31/h5-6,8-14,34H,7H2,1-2H3,(H2,28,32). The van der Waals surface area contributed by atoms with Crippen LogP contribution in [0.15, 0.2) is 59.8 Å². The van der Waals surface area contributed by atoms with Crippen molar-refractivity contribution in [2.24, 2.45) is 12.8 Å². The van der Waals surface area contributed by atoms with Crippen LogP contribution in [0.5, 0.6) is 0 Å². The normalized spacial score (nSPS) is 12.7. The van der Waals surface area contributed by atoms with Gasteiger partial charge in [0.05, 0.1) is 28.4 Å². The number of hydrogen-bond donors (Lipinski definition) is 2. The number of carbonyl (C=O) groups is 1. The van der Waals surface area contributed by atoms with E-state index in [1.54, 1.807) is 25.4 Å². The van der Waals surface area contributed by atoms with Crippen LogP contribution in [-0.2, 0) is 12.6 Å². The summed E-state index contributed by atoms with van der Waals surface area (Å²) in [6.07, 6.45) is 4.25. The Morgan fingerprint density at radius 1 is 1.21 bits per heavy atom. The molecule has 3 aromatic heterocycles. The van der Waals surface area contributed by atoms with Gasteiger partial charge in [0.1, 0.15) is 17.2 Å². The lowest BCUT2D eigenvalue weighted by Gasteiger charge is -2.27. The Balaban J connectivity index is 1.91. The first kappa shape index (κ1) is 22.9. The maximum atomic E-state index is 14.1. The van der Waals surface area contributed by atoms with Gasteiger partial charge in [0.15, 0.2) is 0 Å². The Hall–Kier alpha value is -4.29. The minimum absolute atomic E-state index is 0.0908. The lowest BCUT2D eigenvalue weighted by molar-refractivity contribution is 0.0837. The maximum absolute atomic E-state index is 14.1. The molecule has 0 fully saturated rings. The van der Waals surface area contributed by atoms with Crippen LogP contribution in [-0.4, -0.2) is 25.2 Å². The highest BCUT2D eigenvalue weighted by molar-refractivity contribution is 5.97. The second kappa shape index (κ2) is 8.57. The van der Waals surface area contributed by atoms with E-state index >= 15 is 0 Å². The van der Waals surface area contributed by atoms with Gasteiger partial charge in [-0.05, 0) is 48.4 Å². The van der Waals surface area contributed by atoms with E-state index in [1.165, 1.54) is 34.5 Å². The molecule has 1 aromatic carbocycles. The Bertz CT molecular complexity index is 1540. The number of nitrogens with two attached hydrogens (primary N) is 1. The van der Waals surface area contributed by atoms with E-state index < -0.39 is 35.1 Å². The fourth-order valence-electron chi connectivity index (χ4n) is 3.92. The Kier molecular flexibility index (Phi) is 5.77. The van der Waals surface area contributed by atoms with Crippen LogP contribution in [0.3, 0.4) is 0 Å². The van der Waals surface area contributed by atoms with Crippen molar-refractivity contribution in [2.75, 3.05) is 0 Å². The number of amides is 1. The number of nitrogens with zero attached hydrogens (tertiary/aromatic N) is 3. The third-order valence-electron chi connectivity index (χ3n) is 5.51. The van der Waals surface area contributed by atoms with Crippen molar-refractivity contribution in [3.05, 3.63) is 105 Å². The number of carbonyl (C=O) groups excluding carboxylic acids is 1. The molecule has 1 atom stereocenters. The van der Waals surface area contributed by atoms with E-state index in [2.05, 4.69) is 16.9 Å². The zero-order valence-corrected chi connectivity index (χ0v) is 18.3. The lowest BCUT2D eigenvalue weighted by Crippen LogP contribution is -2.36. The SMILES string of the molecule is Cc1cc(C(O)(CC#Cc2c(C(N)=O)ccn3nccc23)c2cc(F)cc(F)c2)c(=O)n(C)c1. The summed E-state index contributed by atoms with van der Waals surface area (Å²) in [6.45, 7) is 1.72. The molecule has 4 rings (SSSR count). The maximum Gasteiger partial charge on any atom is 0.256 e. The minimum Gasteiger partial charge on any atom is -0.379 e. The number of aryl methyl sites for hydroxylation is 2. The molecule has 1 unspecified atom stereocenters. The van der Waals surface area contributed by atoms with Gasteiger partial charge in [-0.15, -0.1) is 0 Å². The summed E-state index contributed by atoms with van der Waals surface area (Å²) in [6, 6.07) is 7.15. The number of primary amides is 1. The predicted octanol–water partition coefficient (Wildman–Crippen LogP) is 2.40. The smallest absolute Gasteiger partial charge is 0.256 e. The highest BCUT2D eigenvalue weighted by atomic mass is 19.1. The Morgan fingerprint density at radius 2 is 1.91 bits per heavy atom. The quantitative estimate of drug-likeness (QED) is 0.455. The molecule has 9 heteroatoms.